The second-order valence-corrected chi connectivity index (χ2v) is 8.77. The van der Waals surface area contributed by atoms with Crippen molar-refractivity contribution in [2.24, 2.45) is 5.92 Å². The van der Waals surface area contributed by atoms with Gasteiger partial charge in [-0.1, -0.05) is 13.8 Å². The van der Waals surface area contributed by atoms with Crippen LogP contribution in [0.2, 0.25) is 0 Å². The Morgan fingerprint density at radius 2 is 0.886 bits per heavy atom. The number of hydrogen-bond donors (Lipinski definition) is 0. The van der Waals surface area contributed by atoms with Crippen molar-refractivity contribution in [1.29, 1.82) is 0 Å². The van der Waals surface area contributed by atoms with E-state index in [4.69, 9.17) is 0 Å². The normalized spacial score (nSPS) is 16.4. The minimum Gasteiger partial charge on any atom is -0.203 e. The zero-order valence-corrected chi connectivity index (χ0v) is 17.2. The maximum Gasteiger partial charge on any atom is 0.460 e. The zero-order chi connectivity index (χ0) is 29.1. The van der Waals surface area contributed by atoms with Crippen LogP contribution < -0.4 is 0 Å². The predicted molar refractivity (Wildman–Crippen MR) is 76.6 cm³/mol. The molecule has 0 aromatic heterocycles. The molecule has 0 atom stereocenters. The van der Waals surface area contributed by atoms with E-state index in [0.717, 1.165) is 13.8 Å². The van der Waals surface area contributed by atoms with Crippen molar-refractivity contribution in [3.05, 3.63) is 6.42 Å². The van der Waals surface area contributed by atoms with Crippen LogP contribution in [0.25, 0.3) is 0 Å². The zero-order valence-electron chi connectivity index (χ0n) is 16.3. The molecular formula is C13H10F18NO2S. The monoisotopic (exact) mass is 586 g/mol. The molecule has 0 aliphatic carbocycles. The predicted octanol–water partition coefficient (Wildman–Crippen LogP) is 6.33. The molecule has 35 heavy (non-hydrogen) atoms. The molecule has 0 amide bonds. The third kappa shape index (κ3) is 4.60. The second kappa shape index (κ2) is 8.89. The fraction of sp³-hybridized carbons (Fsp3) is 0.923. The molecule has 0 aromatic carbocycles. The van der Waals surface area contributed by atoms with Gasteiger partial charge in [0, 0.05) is 6.54 Å². The lowest BCUT2D eigenvalue weighted by atomic mass is 9.91. The molecule has 0 saturated heterocycles. The second-order valence-electron chi connectivity index (χ2n) is 6.92. The summed E-state index contributed by atoms with van der Waals surface area (Å²) in [5.41, 5.74) is 0. The molecule has 0 aliphatic heterocycles. The molecule has 0 heterocycles. The third-order valence-corrected chi connectivity index (χ3v) is 5.57. The van der Waals surface area contributed by atoms with Gasteiger partial charge in [0.25, 0.3) is 0 Å². The van der Waals surface area contributed by atoms with E-state index in [1.807, 2.05) is 0 Å². The Bertz CT molecular complexity index is 862. The molecule has 0 aliphatic rings. The van der Waals surface area contributed by atoms with Crippen LogP contribution in [0.5, 0.6) is 0 Å². The lowest BCUT2D eigenvalue weighted by Crippen LogP contribution is -2.75. The number of nitrogens with zero attached hydrogens (tertiary/aromatic N) is 1. The van der Waals surface area contributed by atoms with Gasteiger partial charge in [-0.3, -0.25) is 0 Å². The Balaban J connectivity index is 6.86. The maximum absolute atomic E-state index is 13.7. The molecule has 0 saturated carbocycles. The van der Waals surface area contributed by atoms with Crippen molar-refractivity contribution in [1.82, 2.24) is 4.53 Å². The highest BCUT2D eigenvalue weighted by atomic mass is 32.2. The largest absolute Gasteiger partial charge is 0.460 e. The Labute approximate surface area is 183 Å². The summed E-state index contributed by atoms with van der Waals surface area (Å²) in [6.45, 7) is 0.168. The Morgan fingerprint density at radius 3 is 1.17 bits per heavy atom. The lowest BCUT2D eigenvalue weighted by molar-refractivity contribution is -0.458. The number of sulfonamides is 1. The quantitative estimate of drug-likeness (QED) is 0.210. The summed E-state index contributed by atoms with van der Waals surface area (Å²) in [5.74, 6) is -53.2. The number of hydrogen-bond acceptors (Lipinski definition) is 2. The van der Waals surface area contributed by atoms with Crippen LogP contribution in [0.15, 0.2) is 0 Å². The topological polar surface area (TPSA) is 37.4 Å². The van der Waals surface area contributed by atoms with E-state index in [2.05, 4.69) is 0 Å². The van der Waals surface area contributed by atoms with E-state index >= 15 is 0 Å². The van der Waals surface area contributed by atoms with Crippen LogP contribution in [0.4, 0.5) is 79.1 Å². The molecule has 1 radical (unpaired) electrons. The summed E-state index contributed by atoms with van der Waals surface area (Å²) >= 11 is 0. The average Bonchev–Trinajstić information content (AvgIpc) is 2.63. The molecule has 0 bridgehead atoms. The first-order valence-electron chi connectivity index (χ1n) is 8.06. The number of rotatable bonds is 11. The minimum atomic E-state index is -8.95. The van der Waals surface area contributed by atoms with Gasteiger partial charge in [0.15, 0.2) is 0 Å². The van der Waals surface area contributed by atoms with E-state index in [1.165, 1.54) is 0 Å². The SMILES string of the molecule is CC(C)[CH]CN(F)S(=O)(=O)C(F)(F)C(F)(F)C(F)(F)C(F)(F)C(F)(F)C(F)(F)C(F)(F)C(F)(F)F. The standard InChI is InChI=1S/C13H10F18NO2S/c1-5(2)3-4-32(31)35(33,34)13(29,30)11(24,25)9(20,21)7(16,17)6(14,15)8(18,19)10(22,23)12(26,27)28/h3,5H,4H2,1-2H3. The molecule has 22 heteroatoms. The summed E-state index contributed by atoms with van der Waals surface area (Å²) in [7, 11) is -7.89. The van der Waals surface area contributed by atoms with Crippen LogP contribution in [0.3, 0.4) is 0 Å². The fourth-order valence-corrected chi connectivity index (χ4v) is 2.81. The van der Waals surface area contributed by atoms with Gasteiger partial charge < -0.3 is 0 Å². The van der Waals surface area contributed by atoms with Crippen molar-refractivity contribution in [2.45, 2.75) is 60.8 Å². The highest BCUT2D eigenvalue weighted by Gasteiger charge is 2.96. The summed E-state index contributed by atoms with van der Waals surface area (Å²) in [4.78, 5) is 0. The maximum atomic E-state index is 13.7. The van der Waals surface area contributed by atoms with Crippen molar-refractivity contribution in [2.75, 3.05) is 6.54 Å². The third-order valence-electron chi connectivity index (χ3n) is 4.00. The first-order chi connectivity index (χ1) is 14.8. The van der Waals surface area contributed by atoms with E-state index in [9.17, 15) is 87.5 Å². The molecule has 211 valence electrons. The van der Waals surface area contributed by atoms with Gasteiger partial charge in [-0.2, -0.15) is 74.6 Å². The first-order valence-corrected chi connectivity index (χ1v) is 9.50. The summed E-state index contributed by atoms with van der Waals surface area (Å²) in [6, 6.07) is 0. The smallest absolute Gasteiger partial charge is 0.203 e. The Kier molecular flexibility index (Phi) is 8.55. The molecule has 0 unspecified atom stereocenters. The highest BCUT2D eigenvalue weighted by Crippen LogP contribution is 2.64. The minimum absolute atomic E-state index is 0.368. The van der Waals surface area contributed by atoms with Gasteiger partial charge in [-0.25, -0.2) is 8.42 Å². The summed E-state index contributed by atoms with van der Waals surface area (Å²) in [5, 5.41) is -7.90. The first kappa shape index (κ1) is 33.7. The molecule has 0 N–H and O–H groups in total. The van der Waals surface area contributed by atoms with E-state index in [0.29, 0.717) is 6.42 Å². The summed E-state index contributed by atoms with van der Waals surface area (Å²) < 4.78 is 256. The highest BCUT2D eigenvalue weighted by molar-refractivity contribution is 7.90. The lowest BCUT2D eigenvalue weighted by Gasteiger charge is -2.42. The van der Waals surface area contributed by atoms with Crippen LogP contribution in [0, 0.1) is 12.3 Å². The Hall–Kier alpha value is -1.35. The number of halogens is 18. The summed E-state index contributed by atoms with van der Waals surface area (Å²) in [6.07, 6.45) is -7.55. The van der Waals surface area contributed by atoms with Gasteiger partial charge in [0.2, 0.25) is 0 Å². The van der Waals surface area contributed by atoms with Crippen LogP contribution in [-0.2, 0) is 10.0 Å². The molecule has 0 spiro atoms. The number of alkyl halides is 17. The van der Waals surface area contributed by atoms with Gasteiger partial charge in [0.05, 0.1) is 0 Å². The van der Waals surface area contributed by atoms with Gasteiger partial charge in [0.1, 0.15) is 0 Å². The van der Waals surface area contributed by atoms with E-state index in [-0.39, 0.29) is 0 Å². The molecule has 0 aromatic rings. The van der Waals surface area contributed by atoms with E-state index in [1.54, 1.807) is 0 Å². The molecule has 0 rings (SSSR count). The van der Waals surface area contributed by atoms with Crippen LogP contribution in [-0.4, -0.2) is 66.5 Å². The van der Waals surface area contributed by atoms with Crippen molar-refractivity contribution >= 4 is 10.0 Å². The Morgan fingerprint density at radius 1 is 0.600 bits per heavy atom. The van der Waals surface area contributed by atoms with Crippen LogP contribution >= 0.6 is 0 Å². The van der Waals surface area contributed by atoms with Crippen molar-refractivity contribution in [3.8, 4) is 0 Å². The van der Waals surface area contributed by atoms with Gasteiger partial charge in [-0.15, -0.1) is 4.48 Å². The van der Waals surface area contributed by atoms with Gasteiger partial charge >= 0.3 is 57.0 Å². The van der Waals surface area contributed by atoms with Crippen LogP contribution in [0.1, 0.15) is 13.8 Å². The van der Waals surface area contributed by atoms with Gasteiger partial charge in [-0.05, 0) is 16.9 Å². The molecule has 0 fully saturated rings. The average molecular weight is 586 g/mol. The van der Waals surface area contributed by atoms with E-state index < -0.39 is 74.0 Å². The molecule has 3 nitrogen and oxygen atoms in total. The van der Waals surface area contributed by atoms with Crippen molar-refractivity contribution < 1.29 is 87.5 Å². The molecular weight excluding hydrogens is 576 g/mol. The van der Waals surface area contributed by atoms with Crippen molar-refractivity contribution in [3.63, 3.8) is 0 Å². The fourth-order valence-electron chi connectivity index (χ4n) is 1.83.